The van der Waals surface area contributed by atoms with E-state index in [2.05, 4.69) is 0 Å². The number of phenols is 1. The lowest BCUT2D eigenvalue weighted by atomic mass is 10.00. The summed E-state index contributed by atoms with van der Waals surface area (Å²) in [5.41, 5.74) is 2.19. The molecule has 0 unspecified atom stereocenters. The van der Waals surface area contributed by atoms with Crippen LogP contribution in [0.2, 0.25) is 0 Å². The lowest BCUT2D eigenvalue weighted by molar-refractivity contribution is 0.0730. The highest BCUT2D eigenvalue weighted by Crippen LogP contribution is 2.23. The molecule has 1 aliphatic rings. The van der Waals surface area contributed by atoms with Crippen LogP contribution in [0.1, 0.15) is 25.0 Å². The summed E-state index contributed by atoms with van der Waals surface area (Å²) in [6, 6.07) is 5.27. The Hall–Kier alpha value is -1.71. The van der Waals surface area contributed by atoms with Gasteiger partial charge in [-0.25, -0.2) is 4.79 Å². The molecule has 4 nitrogen and oxygen atoms in total. The minimum absolute atomic E-state index is 0.0938. The number of hydrogen-bond acceptors (Lipinski definition) is 3. The fourth-order valence-corrected chi connectivity index (χ4v) is 1.97. The Bertz CT molecular complexity index is 429. The van der Waals surface area contributed by atoms with Crippen molar-refractivity contribution in [2.45, 2.75) is 32.9 Å². The van der Waals surface area contributed by atoms with Crippen LogP contribution in [0.15, 0.2) is 18.2 Å². The van der Waals surface area contributed by atoms with Crippen molar-refractivity contribution in [2.24, 2.45) is 0 Å². The van der Waals surface area contributed by atoms with Crippen molar-refractivity contribution in [3.05, 3.63) is 29.3 Å². The molecular formula is C13H17NO3. The van der Waals surface area contributed by atoms with E-state index in [1.54, 1.807) is 17.0 Å². The lowest BCUT2D eigenvalue weighted by Crippen LogP contribution is -2.37. The van der Waals surface area contributed by atoms with Gasteiger partial charge in [-0.3, -0.25) is 0 Å². The summed E-state index contributed by atoms with van der Waals surface area (Å²) in [6.07, 6.45) is 0.402. The third-order valence-corrected chi connectivity index (χ3v) is 2.80. The molecule has 0 aliphatic carbocycles. The highest BCUT2D eigenvalue weighted by molar-refractivity contribution is 5.68. The molecular weight excluding hydrogens is 218 g/mol. The minimum Gasteiger partial charge on any atom is -0.508 e. The number of rotatable bonds is 1. The fraction of sp³-hybridized carbons (Fsp3) is 0.462. The second kappa shape index (κ2) is 4.65. The Morgan fingerprint density at radius 2 is 2.18 bits per heavy atom. The Balaban J connectivity index is 2.08. The highest BCUT2D eigenvalue weighted by Gasteiger charge is 2.22. The van der Waals surface area contributed by atoms with E-state index in [-0.39, 0.29) is 17.9 Å². The van der Waals surface area contributed by atoms with Gasteiger partial charge in [0.05, 0.1) is 6.10 Å². The molecule has 1 heterocycles. The normalized spacial score (nSPS) is 14.6. The number of carbonyl (C=O) groups is 1. The molecule has 0 bridgehead atoms. The van der Waals surface area contributed by atoms with E-state index in [9.17, 15) is 9.90 Å². The Labute approximate surface area is 101 Å². The third-order valence-electron chi connectivity index (χ3n) is 2.80. The van der Waals surface area contributed by atoms with Crippen molar-refractivity contribution in [3.63, 3.8) is 0 Å². The molecule has 1 N–H and O–H groups in total. The van der Waals surface area contributed by atoms with Crippen LogP contribution in [0, 0.1) is 0 Å². The first-order valence-corrected chi connectivity index (χ1v) is 5.82. The number of phenolic OH excluding ortho intramolecular Hbond substituents is 1. The molecule has 0 atom stereocenters. The molecule has 1 aliphatic heterocycles. The van der Waals surface area contributed by atoms with Gasteiger partial charge in [0, 0.05) is 13.1 Å². The largest absolute Gasteiger partial charge is 0.508 e. The first-order valence-electron chi connectivity index (χ1n) is 5.82. The molecule has 0 fully saturated rings. The lowest BCUT2D eigenvalue weighted by Gasteiger charge is -2.28. The summed E-state index contributed by atoms with van der Waals surface area (Å²) in [5.74, 6) is 0.280. The van der Waals surface area contributed by atoms with Crippen LogP contribution in [0.4, 0.5) is 4.79 Å². The molecule has 2 rings (SSSR count). The van der Waals surface area contributed by atoms with E-state index in [0.717, 1.165) is 17.5 Å². The smallest absolute Gasteiger partial charge is 0.410 e. The molecule has 17 heavy (non-hydrogen) atoms. The van der Waals surface area contributed by atoms with Gasteiger partial charge in [-0.05, 0) is 43.5 Å². The fourth-order valence-electron chi connectivity index (χ4n) is 1.97. The molecule has 92 valence electrons. The van der Waals surface area contributed by atoms with Crippen LogP contribution in [0.3, 0.4) is 0 Å². The van der Waals surface area contributed by atoms with E-state index in [0.29, 0.717) is 13.1 Å². The number of carbonyl (C=O) groups excluding carboxylic acids is 1. The van der Waals surface area contributed by atoms with Crippen LogP contribution >= 0.6 is 0 Å². The van der Waals surface area contributed by atoms with Gasteiger partial charge in [-0.1, -0.05) is 6.07 Å². The molecule has 0 aromatic heterocycles. The number of amides is 1. The topological polar surface area (TPSA) is 49.8 Å². The maximum atomic E-state index is 11.7. The first-order chi connectivity index (χ1) is 8.06. The van der Waals surface area contributed by atoms with Crippen LogP contribution in [0.5, 0.6) is 5.75 Å². The molecule has 1 amide bonds. The van der Waals surface area contributed by atoms with Gasteiger partial charge in [0.15, 0.2) is 0 Å². The van der Waals surface area contributed by atoms with Crippen LogP contribution < -0.4 is 0 Å². The average molecular weight is 235 g/mol. The molecule has 0 saturated carbocycles. The van der Waals surface area contributed by atoms with Gasteiger partial charge in [-0.15, -0.1) is 0 Å². The Morgan fingerprint density at radius 3 is 2.88 bits per heavy atom. The van der Waals surface area contributed by atoms with Crippen LogP contribution in [0.25, 0.3) is 0 Å². The van der Waals surface area contributed by atoms with Gasteiger partial charge in [0.25, 0.3) is 0 Å². The van der Waals surface area contributed by atoms with Gasteiger partial charge in [0.1, 0.15) is 5.75 Å². The van der Waals surface area contributed by atoms with E-state index < -0.39 is 0 Å². The summed E-state index contributed by atoms with van der Waals surface area (Å²) in [5, 5.41) is 9.38. The standard InChI is InChI=1S/C13H17NO3/c1-9(2)17-13(16)14-6-5-10-7-12(15)4-3-11(10)8-14/h3-4,7,9,15H,5-6,8H2,1-2H3. The highest BCUT2D eigenvalue weighted by atomic mass is 16.6. The molecule has 4 heteroatoms. The summed E-state index contributed by atoms with van der Waals surface area (Å²) in [6.45, 7) is 4.88. The van der Waals surface area contributed by atoms with Crippen molar-refractivity contribution in [2.75, 3.05) is 6.54 Å². The van der Waals surface area contributed by atoms with E-state index in [1.807, 2.05) is 19.9 Å². The number of benzene rings is 1. The summed E-state index contributed by atoms with van der Waals surface area (Å²) in [7, 11) is 0. The molecule has 0 radical (unpaired) electrons. The zero-order valence-electron chi connectivity index (χ0n) is 10.1. The number of fused-ring (bicyclic) bond motifs is 1. The number of ether oxygens (including phenoxy) is 1. The second-order valence-electron chi connectivity index (χ2n) is 4.56. The van der Waals surface area contributed by atoms with Crippen molar-refractivity contribution in [3.8, 4) is 5.75 Å². The van der Waals surface area contributed by atoms with Crippen molar-refractivity contribution < 1.29 is 14.6 Å². The van der Waals surface area contributed by atoms with Gasteiger partial charge in [0.2, 0.25) is 0 Å². The van der Waals surface area contributed by atoms with Gasteiger partial charge >= 0.3 is 6.09 Å². The van der Waals surface area contributed by atoms with Crippen LogP contribution in [-0.4, -0.2) is 28.7 Å². The number of aromatic hydroxyl groups is 1. The number of hydrogen-bond donors (Lipinski definition) is 1. The zero-order chi connectivity index (χ0) is 12.4. The number of nitrogens with zero attached hydrogens (tertiary/aromatic N) is 1. The van der Waals surface area contributed by atoms with Crippen molar-refractivity contribution in [1.82, 2.24) is 4.90 Å². The maximum absolute atomic E-state index is 11.7. The SMILES string of the molecule is CC(C)OC(=O)N1CCc2cc(O)ccc2C1. The second-order valence-corrected chi connectivity index (χ2v) is 4.56. The summed E-state index contributed by atoms with van der Waals surface area (Å²) in [4.78, 5) is 13.4. The minimum atomic E-state index is -0.265. The van der Waals surface area contributed by atoms with E-state index in [4.69, 9.17) is 4.74 Å². The van der Waals surface area contributed by atoms with Gasteiger partial charge in [-0.2, -0.15) is 0 Å². The molecule has 1 aromatic rings. The average Bonchev–Trinajstić information content (AvgIpc) is 2.27. The van der Waals surface area contributed by atoms with E-state index >= 15 is 0 Å². The molecule has 0 spiro atoms. The zero-order valence-corrected chi connectivity index (χ0v) is 10.1. The van der Waals surface area contributed by atoms with Gasteiger partial charge < -0.3 is 14.7 Å². The summed E-state index contributed by atoms with van der Waals surface area (Å²) >= 11 is 0. The summed E-state index contributed by atoms with van der Waals surface area (Å²) < 4.78 is 5.17. The molecule has 0 saturated heterocycles. The predicted molar refractivity (Wildman–Crippen MR) is 63.8 cm³/mol. The predicted octanol–water partition coefficient (Wildman–Crippen LogP) is 2.30. The van der Waals surface area contributed by atoms with Crippen molar-refractivity contribution >= 4 is 6.09 Å². The van der Waals surface area contributed by atoms with E-state index in [1.165, 1.54) is 0 Å². The van der Waals surface area contributed by atoms with Crippen molar-refractivity contribution in [1.29, 1.82) is 0 Å². The Kier molecular flexibility index (Phi) is 3.22. The Morgan fingerprint density at radius 1 is 1.41 bits per heavy atom. The first kappa shape index (κ1) is 11.8. The molecule has 1 aromatic carbocycles. The van der Waals surface area contributed by atoms with Crippen LogP contribution in [-0.2, 0) is 17.7 Å². The third kappa shape index (κ3) is 2.70. The monoisotopic (exact) mass is 235 g/mol. The quantitative estimate of drug-likeness (QED) is 0.812. The maximum Gasteiger partial charge on any atom is 0.410 e.